The third-order valence-corrected chi connectivity index (χ3v) is 5.35. The Morgan fingerprint density at radius 1 is 1.04 bits per heavy atom. The van der Waals surface area contributed by atoms with Crippen LogP contribution >= 0.6 is 12.0 Å². The second kappa shape index (κ2) is 6.61. The van der Waals surface area contributed by atoms with E-state index in [9.17, 15) is 14.5 Å². The molecular weight excluding hydrogens is 346 g/mol. The van der Waals surface area contributed by atoms with E-state index in [1.54, 1.807) is 12.1 Å². The van der Waals surface area contributed by atoms with Gasteiger partial charge in [0.15, 0.2) is 0 Å². The number of anilines is 1. The molecule has 1 unspecified atom stereocenters. The van der Waals surface area contributed by atoms with Gasteiger partial charge in [-0.3, -0.25) is 4.79 Å². The number of carbonyl (C=O) groups excluding carboxylic acids is 1. The van der Waals surface area contributed by atoms with Crippen molar-refractivity contribution in [3.05, 3.63) is 82.9 Å². The van der Waals surface area contributed by atoms with Crippen LogP contribution in [0.25, 0.3) is 11.1 Å². The van der Waals surface area contributed by atoms with Crippen molar-refractivity contribution >= 4 is 23.6 Å². The van der Waals surface area contributed by atoms with Crippen LogP contribution in [0.15, 0.2) is 65.6 Å². The number of fused-ring (bicyclic) bond motifs is 3. The van der Waals surface area contributed by atoms with Crippen LogP contribution in [-0.2, 0) is 0 Å². The summed E-state index contributed by atoms with van der Waals surface area (Å²) in [6, 6.07) is 18.4. The molecule has 26 heavy (non-hydrogen) atoms. The van der Waals surface area contributed by atoms with E-state index < -0.39 is 6.10 Å². The number of amides is 1. The van der Waals surface area contributed by atoms with E-state index in [1.165, 1.54) is 0 Å². The molecule has 1 aliphatic carbocycles. The minimum atomic E-state index is -0.685. The second-order valence-corrected chi connectivity index (χ2v) is 6.91. The average Bonchev–Trinajstić information content (AvgIpc) is 2.96. The maximum absolute atomic E-state index is 12.7. The number of hydrogen-bond acceptors (Lipinski definition) is 4. The van der Waals surface area contributed by atoms with Crippen LogP contribution in [-0.4, -0.2) is 15.6 Å². The zero-order valence-electron chi connectivity index (χ0n) is 14.1. The van der Waals surface area contributed by atoms with Gasteiger partial charge in [-0.1, -0.05) is 42.5 Å². The fraction of sp³-hybridized carbons (Fsp3) is 0.0952. The van der Waals surface area contributed by atoms with Gasteiger partial charge in [-0.05, 0) is 47.4 Å². The summed E-state index contributed by atoms with van der Waals surface area (Å²) in [6.45, 7) is 1.88. The van der Waals surface area contributed by atoms with E-state index in [0.717, 1.165) is 27.8 Å². The molecule has 1 atom stereocenters. The molecule has 4 nitrogen and oxygen atoms in total. The fourth-order valence-electron chi connectivity index (χ4n) is 3.37. The third kappa shape index (κ3) is 2.70. The topological polar surface area (TPSA) is 69.6 Å². The van der Waals surface area contributed by atoms with Crippen molar-refractivity contribution in [3.8, 4) is 11.1 Å². The largest absolute Gasteiger partial charge is 0.384 e. The number of aliphatic hydroxyl groups is 1. The predicted molar refractivity (Wildman–Crippen MR) is 104 cm³/mol. The lowest BCUT2D eigenvalue weighted by molar-refractivity contribution is 0.102. The van der Waals surface area contributed by atoms with Crippen LogP contribution in [0.3, 0.4) is 0 Å². The molecule has 4 rings (SSSR count). The van der Waals surface area contributed by atoms with Crippen molar-refractivity contribution in [3.63, 3.8) is 0 Å². The van der Waals surface area contributed by atoms with Crippen LogP contribution in [0, 0.1) is 6.92 Å². The lowest BCUT2D eigenvalue weighted by atomic mass is 10.0. The van der Waals surface area contributed by atoms with Crippen LogP contribution < -0.4 is 5.32 Å². The fourth-order valence-corrected chi connectivity index (χ4v) is 3.76. The van der Waals surface area contributed by atoms with Crippen LogP contribution in [0.2, 0.25) is 0 Å². The molecule has 130 valence electrons. The van der Waals surface area contributed by atoms with Gasteiger partial charge in [0, 0.05) is 33.8 Å². The van der Waals surface area contributed by atoms with Gasteiger partial charge in [-0.25, -0.2) is 0 Å². The first-order valence-corrected chi connectivity index (χ1v) is 9.01. The van der Waals surface area contributed by atoms with Crippen LogP contribution in [0.4, 0.5) is 5.69 Å². The second-order valence-electron chi connectivity index (χ2n) is 6.29. The number of aryl methyl sites for hydroxylation is 1. The highest BCUT2D eigenvalue weighted by atomic mass is 32.2. The molecule has 0 saturated carbocycles. The first-order chi connectivity index (χ1) is 12.6. The quantitative estimate of drug-likeness (QED) is 0.581. The lowest BCUT2D eigenvalue weighted by Gasteiger charge is -2.12. The Morgan fingerprint density at radius 3 is 2.62 bits per heavy atom. The van der Waals surface area contributed by atoms with Gasteiger partial charge in [-0.15, -0.1) is 0 Å². The summed E-state index contributed by atoms with van der Waals surface area (Å²) >= 11 is 0.631. The Morgan fingerprint density at radius 2 is 1.81 bits per heavy atom. The molecule has 0 aromatic heterocycles. The van der Waals surface area contributed by atoms with E-state index in [0.29, 0.717) is 28.2 Å². The maximum Gasteiger partial charge on any atom is 0.255 e. The van der Waals surface area contributed by atoms with Crippen molar-refractivity contribution in [2.75, 3.05) is 5.32 Å². The monoisotopic (exact) mass is 363 g/mol. The highest BCUT2D eigenvalue weighted by molar-refractivity contribution is 7.93. The SMILES string of the molecule is Cc1ccc(C(=O)Nc2cccc3c2-c2ccccc2C3O)cc1SO. The molecule has 3 aromatic rings. The molecule has 0 saturated heterocycles. The molecule has 0 bridgehead atoms. The van der Waals surface area contributed by atoms with Gasteiger partial charge in [-0.2, -0.15) is 0 Å². The van der Waals surface area contributed by atoms with Crippen molar-refractivity contribution < 1.29 is 14.5 Å². The number of aliphatic hydroxyl groups excluding tert-OH is 1. The Labute approximate surface area is 155 Å². The summed E-state index contributed by atoms with van der Waals surface area (Å²) in [5, 5.41) is 13.5. The van der Waals surface area contributed by atoms with E-state index >= 15 is 0 Å². The van der Waals surface area contributed by atoms with Gasteiger partial charge in [0.1, 0.15) is 6.10 Å². The third-order valence-electron chi connectivity index (χ3n) is 4.71. The molecule has 0 fully saturated rings. The number of nitrogens with one attached hydrogen (secondary N) is 1. The first-order valence-electron chi connectivity index (χ1n) is 8.24. The molecule has 1 aliphatic rings. The standard InChI is InChI=1S/C21H17NO3S/c1-12-9-10-13(11-18(12)26-25)21(24)22-17-8-4-7-16-19(17)14-5-2-3-6-15(14)20(16)23/h2-11,20,23,25H,1H3,(H,22,24). The Hall–Kier alpha value is -2.60. The smallest absolute Gasteiger partial charge is 0.255 e. The van der Waals surface area contributed by atoms with Crippen molar-refractivity contribution in [2.24, 2.45) is 0 Å². The van der Waals surface area contributed by atoms with Crippen molar-refractivity contribution in [1.82, 2.24) is 0 Å². The number of benzene rings is 3. The van der Waals surface area contributed by atoms with E-state index in [-0.39, 0.29) is 5.91 Å². The highest BCUT2D eigenvalue weighted by Gasteiger charge is 2.29. The van der Waals surface area contributed by atoms with Crippen molar-refractivity contribution in [2.45, 2.75) is 17.9 Å². The predicted octanol–water partition coefficient (Wildman–Crippen LogP) is 4.87. The summed E-state index contributed by atoms with van der Waals surface area (Å²) in [4.78, 5) is 13.4. The zero-order valence-corrected chi connectivity index (χ0v) is 14.9. The number of carbonyl (C=O) groups is 1. The normalized spacial score (nSPS) is 14.7. The molecule has 5 heteroatoms. The average molecular weight is 363 g/mol. The van der Waals surface area contributed by atoms with Crippen LogP contribution in [0.1, 0.15) is 33.2 Å². The molecular formula is C21H17NO3S. The number of hydrogen-bond donors (Lipinski definition) is 3. The minimum Gasteiger partial charge on any atom is -0.384 e. The van der Waals surface area contributed by atoms with E-state index in [1.807, 2.05) is 55.5 Å². The summed E-state index contributed by atoms with van der Waals surface area (Å²) < 4.78 is 9.34. The summed E-state index contributed by atoms with van der Waals surface area (Å²) in [6.07, 6.45) is -0.685. The molecule has 0 spiro atoms. The zero-order chi connectivity index (χ0) is 18.3. The first kappa shape index (κ1) is 16.8. The van der Waals surface area contributed by atoms with Crippen LogP contribution in [0.5, 0.6) is 0 Å². The maximum atomic E-state index is 12.7. The van der Waals surface area contributed by atoms with Gasteiger partial charge in [0.05, 0.1) is 0 Å². The summed E-state index contributed by atoms with van der Waals surface area (Å²) in [5.41, 5.74) is 5.46. The van der Waals surface area contributed by atoms with E-state index in [2.05, 4.69) is 5.32 Å². The Bertz CT molecular complexity index is 1020. The lowest BCUT2D eigenvalue weighted by Crippen LogP contribution is -2.13. The summed E-state index contributed by atoms with van der Waals surface area (Å²) in [7, 11) is 0. The molecule has 3 aromatic carbocycles. The molecule has 0 radical (unpaired) electrons. The Kier molecular flexibility index (Phi) is 4.28. The molecule has 3 N–H and O–H groups in total. The van der Waals surface area contributed by atoms with Gasteiger partial charge in [0.25, 0.3) is 5.91 Å². The molecule has 0 aliphatic heterocycles. The molecule has 1 amide bonds. The highest BCUT2D eigenvalue weighted by Crippen LogP contribution is 2.46. The Balaban J connectivity index is 1.73. The van der Waals surface area contributed by atoms with Crippen molar-refractivity contribution in [1.29, 1.82) is 0 Å². The number of rotatable bonds is 3. The summed E-state index contributed by atoms with van der Waals surface area (Å²) in [5.74, 6) is -0.257. The van der Waals surface area contributed by atoms with Gasteiger partial charge in [0.2, 0.25) is 0 Å². The minimum absolute atomic E-state index is 0.257. The molecule has 0 heterocycles. The van der Waals surface area contributed by atoms with Gasteiger partial charge < -0.3 is 15.0 Å². The van der Waals surface area contributed by atoms with Gasteiger partial charge >= 0.3 is 0 Å². The van der Waals surface area contributed by atoms with E-state index in [4.69, 9.17) is 0 Å².